The third-order valence-corrected chi connectivity index (χ3v) is 7.39. The first kappa shape index (κ1) is 25.3. The van der Waals surface area contributed by atoms with E-state index < -0.39 is 23.5 Å². The Morgan fingerprint density at radius 1 is 1.03 bits per heavy atom. The number of hydrogen-bond donors (Lipinski definition) is 1. The molecule has 5 rings (SSSR count). The zero-order valence-corrected chi connectivity index (χ0v) is 23.1. The number of nitrogens with zero attached hydrogens (tertiary/aromatic N) is 1. The average Bonchev–Trinajstić information content (AvgIpc) is 3.37. The highest BCUT2D eigenvalue weighted by Gasteiger charge is 2.45. The van der Waals surface area contributed by atoms with E-state index in [0.29, 0.717) is 21.9 Å². The molecule has 5 nitrogen and oxygen atoms in total. The standard InChI is InChI=1S/C30H25BrClNO4/c1-16-13-21(32)10-11-22(16)33-26(17-5-7-19(8-6-17)30(2,3)4)25(28(35)29(33)36)27(34)24-15-18-14-20(31)9-12-23(18)37-24/h5-15,26,35H,1-4H3. The fourth-order valence-electron chi connectivity index (χ4n) is 4.71. The molecule has 1 N–H and O–H groups in total. The molecular weight excluding hydrogens is 554 g/mol. The summed E-state index contributed by atoms with van der Waals surface area (Å²) in [5.74, 6) is -1.74. The van der Waals surface area contributed by atoms with E-state index in [1.165, 1.54) is 4.90 Å². The van der Waals surface area contributed by atoms with E-state index in [9.17, 15) is 14.7 Å². The van der Waals surface area contributed by atoms with Crippen molar-refractivity contribution >= 4 is 55.9 Å². The number of aliphatic hydroxyl groups excluding tert-OH is 1. The molecule has 188 valence electrons. The van der Waals surface area contributed by atoms with E-state index in [2.05, 4.69) is 36.7 Å². The van der Waals surface area contributed by atoms with Crippen molar-refractivity contribution in [3.05, 3.63) is 110 Å². The fraction of sp³-hybridized carbons (Fsp3) is 0.200. The van der Waals surface area contributed by atoms with Crippen LogP contribution in [0.25, 0.3) is 11.0 Å². The van der Waals surface area contributed by atoms with E-state index in [1.54, 1.807) is 30.3 Å². The van der Waals surface area contributed by atoms with Crippen molar-refractivity contribution in [2.24, 2.45) is 0 Å². The maximum atomic E-state index is 13.9. The highest BCUT2D eigenvalue weighted by Crippen LogP contribution is 2.44. The molecule has 1 aromatic heterocycles. The number of aryl methyl sites for hydroxylation is 1. The Hall–Kier alpha value is -3.35. The Morgan fingerprint density at radius 2 is 1.73 bits per heavy atom. The normalized spacial score (nSPS) is 16.2. The highest BCUT2D eigenvalue weighted by atomic mass is 79.9. The second kappa shape index (κ2) is 9.19. The van der Waals surface area contributed by atoms with Crippen molar-refractivity contribution in [1.29, 1.82) is 0 Å². The second-order valence-electron chi connectivity index (χ2n) is 10.3. The van der Waals surface area contributed by atoms with Crippen LogP contribution in [0.3, 0.4) is 0 Å². The Morgan fingerprint density at radius 3 is 2.38 bits per heavy atom. The first-order valence-corrected chi connectivity index (χ1v) is 13.0. The van der Waals surface area contributed by atoms with Gasteiger partial charge in [-0.2, -0.15) is 0 Å². The number of fused-ring (bicyclic) bond motifs is 1. The smallest absolute Gasteiger partial charge is 0.294 e. The maximum Gasteiger partial charge on any atom is 0.294 e. The lowest BCUT2D eigenvalue weighted by molar-refractivity contribution is -0.117. The molecule has 1 atom stereocenters. The van der Waals surface area contributed by atoms with E-state index in [0.717, 1.165) is 21.0 Å². The van der Waals surface area contributed by atoms with Gasteiger partial charge in [-0.3, -0.25) is 14.5 Å². The number of Topliss-reactive ketones (excluding diaryl/α,β-unsaturated/α-hetero) is 1. The molecular formula is C30H25BrClNO4. The molecule has 1 unspecified atom stereocenters. The Bertz CT molecular complexity index is 1590. The Balaban J connectivity index is 1.67. The van der Waals surface area contributed by atoms with Gasteiger partial charge in [0.25, 0.3) is 5.91 Å². The van der Waals surface area contributed by atoms with Crippen LogP contribution in [0, 0.1) is 6.92 Å². The number of carbonyl (C=O) groups excluding carboxylic acids is 2. The summed E-state index contributed by atoms with van der Waals surface area (Å²) in [4.78, 5) is 28.8. The summed E-state index contributed by atoms with van der Waals surface area (Å²) in [7, 11) is 0. The third-order valence-electron chi connectivity index (χ3n) is 6.67. The van der Waals surface area contributed by atoms with Gasteiger partial charge in [0.1, 0.15) is 5.58 Å². The minimum atomic E-state index is -0.853. The molecule has 37 heavy (non-hydrogen) atoms. The number of hydrogen-bond acceptors (Lipinski definition) is 4. The summed E-state index contributed by atoms with van der Waals surface area (Å²) in [5, 5.41) is 12.4. The van der Waals surface area contributed by atoms with Gasteiger partial charge in [0.05, 0.1) is 11.6 Å². The van der Waals surface area contributed by atoms with Crippen LogP contribution in [0.2, 0.25) is 5.02 Å². The van der Waals surface area contributed by atoms with Gasteiger partial charge < -0.3 is 9.52 Å². The van der Waals surface area contributed by atoms with Crippen molar-refractivity contribution in [1.82, 2.24) is 0 Å². The number of benzene rings is 3. The molecule has 0 bridgehead atoms. The number of halogens is 2. The van der Waals surface area contributed by atoms with Crippen molar-refractivity contribution in [2.75, 3.05) is 4.90 Å². The molecule has 7 heteroatoms. The number of amides is 1. The molecule has 3 aromatic carbocycles. The lowest BCUT2D eigenvalue weighted by Gasteiger charge is -2.29. The fourth-order valence-corrected chi connectivity index (χ4v) is 5.32. The van der Waals surface area contributed by atoms with Crippen LogP contribution in [0.4, 0.5) is 5.69 Å². The lowest BCUT2D eigenvalue weighted by atomic mass is 9.85. The molecule has 1 aliphatic heterocycles. The number of ketones is 1. The van der Waals surface area contributed by atoms with Gasteiger partial charge in [0.2, 0.25) is 5.78 Å². The van der Waals surface area contributed by atoms with Crippen LogP contribution in [-0.4, -0.2) is 16.8 Å². The van der Waals surface area contributed by atoms with Crippen molar-refractivity contribution < 1.29 is 19.1 Å². The molecule has 1 amide bonds. The summed E-state index contributed by atoms with van der Waals surface area (Å²) < 4.78 is 6.69. The molecule has 0 radical (unpaired) electrons. The number of rotatable bonds is 4. The van der Waals surface area contributed by atoms with Crippen molar-refractivity contribution in [3.63, 3.8) is 0 Å². The number of anilines is 1. The van der Waals surface area contributed by atoms with Crippen LogP contribution >= 0.6 is 27.5 Å². The molecule has 0 fully saturated rings. The topological polar surface area (TPSA) is 70.8 Å². The molecule has 2 heterocycles. The Kier molecular flexibility index (Phi) is 6.29. The van der Waals surface area contributed by atoms with Gasteiger partial charge in [0.15, 0.2) is 11.5 Å². The molecule has 0 aliphatic carbocycles. The molecule has 0 saturated heterocycles. The van der Waals surface area contributed by atoms with Gasteiger partial charge in [-0.25, -0.2) is 0 Å². The van der Waals surface area contributed by atoms with Gasteiger partial charge in [-0.15, -0.1) is 0 Å². The number of aliphatic hydroxyl groups is 1. The minimum Gasteiger partial charge on any atom is -0.503 e. The lowest BCUT2D eigenvalue weighted by Crippen LogP contribution is -2.31. The van der Waals surface area contributed by atoms with Crippen LogP contribution in [0.5, 0.6) is 0 Å². The second-order valence-corrected chi connectivity index (χ2v) is 11.6. The molecule has 0 saturated carbocycles. The van der Waals surface area contributed by atoms with Crippen LogP contribution in [-0.2, 0) is 10.2 Å². The third kappa shape index (κ3) is 4.49. The zero-order chi connectivity index (χ0) is 26.6. The van der Waals surface area contributed by atoms with E-state index >= 15 is 0 Å². The molecule has 0 spiro atoms. The Labute approximate surface area is 228 Å². The predicted octanol–water partition coefficient (Wildman–Crippen LogP) is 8.24. The van der Waals surface area contributed by atoms with Crippen molar-refractivity contribution in [3.8, 4) is 0 Å². The zero-order valence-electron chi connectivity index (χ0n) is 20.8. The minimum absolute atomic E-state index is 0.0269. The molecule has 4 aromatic rings. The summed E-state index contributed by atoms with van der Waals surface area (Å²) in [6.45, 7) is 8.18. The first-order chi connectivity index (χ1) is 17.5. The summed E-state index contributed by atoms with van der Waals surface area (Å²) >= 11 is 9.61. The van der Waals surface area contributed by atoms with E-state index in [4.69, 9.17) is 16.0 Å². The highest BCUT2D eigenvalue weighted by molar-refractivity contribution is 9.10. The van der Waals surface area contributed by atoms with Crippen LogP contribution < -0.4 is 4.90 Å². The van der Waals surface area contributed by atoms with Crippen LogP contribution in [0.15, 0.2) is 87.0 Å². The van der Waals surface area contributed by atoms with Gasteiger partial charge in [0, 0.05) is 20.6 Å². The van der Waals surface area contributed by atoms with Gasteiger partial charge >= 0.3 is 0 Å². The van der Waals surface area contributed by atoms with Crippen molar-refractivity contribution in [2.45, 2.75) is 39.2 Å². The monoisotopic (exact) mass is 577 g/mol. The maximum absolute atomic E-state index is 13.9. The van der Waals surface area contributed by atoms with Crippen LogP contribution in [0.1, 0.15) is 54.1 Å². The average molecular weight is 579 g/mol. The summed E-state index contributed by atoms with van der Waals surface area (Å²) in [6.07, 6.45) is 0. The number of furan rings is 1. The van der Waals surface area contributed by atoms with Gasteiger partial charge in [-0.1, -0.05) is 72.6 Å². The SMILES string of the molecule is Cc1cc(Cl)ccc1N1C(=O)C(O)=C(C(=O)c2cc3cc(Br)ccc3o2)C1c1ccc(C(C)(C)C)cc1. The first-order valence-electron chi connectivity index (χ1n) is 11.8. The number of carbonyl (C=O) groups is 2. The largest absolute Gasteiger partial charge is 0.503 e. The summed E-state index contributed by atoms with van der Waals surface area (Å²) in [5.41, 5.74) is 3.54. The summed E-state index contributed by atoms with van der Waals surface area (Å²) in [6, 6.07) is 19.1. The van der Waals surface area contributed by atoms with Gasteiger partial charge in [-0.05, 0) is 71.5 Å². The van der Waals surface area contributed by atoms with E-state index in [-0.39, 0.29) is 16.7 Å². The van der Waals surface area contributed by atoms with E-state index in [1.807, 2.05) is 43.3 Å². The quantitative estimate of drug-likeness (QED) is 0.248. The molecule has 1 aliphatic rings. The predicted molar refractivity (Wildman–Crippen MR) is 149 cm³/mol.